The Hall–Kier alpha value is -1.98. The van der Waals surface area contributed by atoms with Gasteiger partial charge in [-0.05, 0) is 37.1 Å². The Kier molecular flexibility index (Phi) is 5.66. The molecule has 2 aromatic carbocycles. The highest BCUT2D eigenvalue weighted by molar-refractivity contribution is 7.98. The third kappa shape index (κ3) is 4.17. The minimum atomic E-state index is -0.245. The van der Waals surface area contributed by atoms with Crippen molar-refractivity contribution in [3.8, 4) is 5.75 Å². The Balaban J connectivity index is 1.70. The van der Waals surface area contributed by atoms with Gasteiger partial charge in [0.05, 0.1) is 5.02 Å². The molecule has 0 aliphatic heterocycles. The van der Waals surface area contributed by atoms with Gasteiger partial charge >= 0.3 is 0 Å². The third-order valence-electron chi connectivity index (χ3n) is 3.99. The maximum absolute atomic E-state index is 6.16. The van der Waals surface area contributed by atoms with Crippen molar-refractivity contribution in [3.05, 3.63) is 70.5 Å². The highest BCUT2D eigenvalue weighted by Crippen LogP contribution is 2.29. The topological polar surface area (TPSA) is 39.9 Å². The zero-order valence-electron chi connectivity index (χ0n) is 14.4. The first-order chi connectivity index (χ1) is 12.1. The van der Waals surface area contributed by atoms with E-state index in [0.29, 0.717) is 10.8 Å². The predicted octanol–water partition coefficient (Wildman–Crippen LogP) is 5.21. The summed E-state index contributed by atoms with van der Waals surface area (Å²) in [5.41, 5.74) is 2.59. The number of hydrogen-bond donors (Lipinski definition) is 0. The van der Waals surface area contributed by atoms with Gasteiger partial charge in [-0.2, -0.15) is 0 Å². The molecule has 1 atom stereocenters. The fraction of sp³-hybridized carbons (Fsp3) is 0.263. The number of halogens is 1. The summed E-state index contributed by atoms with van der Waals surface area (Å²) in [4.78, 5) is 0. The van der Waals surface area contributed by atoms with Gasteiger partial charge in [0, 0.05) is 12.8 Å². The summed E-state index contributed by atoms with van der Waals surface area (Å²) in [6, 6.07) is 15.8. The van der Waals surface area contributed by atoms with Crippen LogP contribution in [-0.4, -0.2) is 14.8 Å². The van der Waals surface area contributed by atoms with Gasteiger partial charge in [0.15, 0.2) is 17.1 Å². The van der Waals surface area contributed by atoms with E-state index in [1.165, 1.54) is 11.1 Å². The van der Waals surface area contributed by atoms with Crippen LogP contribution in [0.1, 0.15) is 30.0 Å². The van der Waals surface area contributed by atoms with Gasteiger partial charge < -0.3 is 9.30 Å². The molecule has 4 nitrogen and oxygen atoms in total. The first-order valence-electron chi connectivity index (χ1n) is 8.04. The molecule has 0 saturated carbocycles. The van der Waals surface area contributed by atoms with Crippen molar-refractivity contribution in [2.75, 3.05) is 0 Å². The minimum absolute atomic E-state index is 0.245. The molecular weight excluding hydrogens is 354 g/mol. The van der Waals surface area contributed by atoms with Crippen LogP contribution >= 0.6 is 23.4 Å². The fourth-order valence-electron chi connectivity index (χ4n) is 2.50. The molecule has 0 bridgehead atoms. The standard InChI is InChI=1S/C19H20ClN3OS/c1-13-8-4-5-9-15(13)12-25-19-22-21-18(23(19)3)14(2)24-17-11-7-6-10-16(17)20/h4-11,14H,12H2,1-3H3. The third-order valence-corrected chi connectivity index (χ3v) is 5.37. The molecule has 0 aliphatic carbocycles. The second-order valence-electron chi connectivity index (χ2n) is 5.81. The number of benzene rings is 2. The molecule has 0 radical (unpaired) electrons. The molecule has 0 N–H and O–H groups in total. The molecule has 0 saturated heterocycles. The molecule has 3 rings (SSSR count). The van der Waals surface area contributed by atoms with E-state index in [1.54, 1.807) is 11.8 Å². The monoisotopic (exact) mass is 373 g/mol. The number of aryl methyl sites for hydroxylation is 1. The van der Waals surface area contributed by atoms with Crippen LogP contribution in [0.5, 0.6) is 5.75 Å². The van der Waals surface area contributed by atoms with Crippen LogP contribution in [0, 0.1) is 6.92 Å². The van der Waals surface area contributed by atoms with Crippen molar-refractivity contribution >= 4 is 23.4 Å². The largest absolute Gasteiger partial charge is 0.481 e. The van der Waals surface area contributed by atoms with Gasteiger partial charge in [0.25, 0.3) is 0 Å². The van der Waals surface area contributed by atoms with Crippen LogP contribution in [0.15, 0.2) is 53.7 Å². The summed E-state index contributed by atoms with van der Waals surface area (Å²) < 4.78 is 7.92. The van der Waals surface area contributed by atoms with E-state index >= 15 is 0 Å². The number of para-hydroxylation sites is 1. The molecule has 130 valence electrons. The van der Waals surface area contributed by atoms with Crippen molar-refractivity contribution in [3.63, 3.8) is 0 Å². The zero-order valence-corrected chi connectivity index (χ0v) is 16.0. The van der Waals surface area contributed by atoms with Crippen molar-refractivity contribution in [1.82, 2.24) is 14.8 Å². The Labute approximate surface area is 157 Å². The Bertz CT molecular complexity index is 865. The van der Waals surface area contributed by atoms with Crippen molar-refractivity contribution in [2.45, 2.75) is 30.9 Å². The molecular formula is C19H20ClN3OS. The van der Waals surface area contributed by atoms with E-state index in [-0.39, 0.29) is 6.10 Å². The van der Waals surface area contributed by atoms with Crippen LogP contribution in [0.2, 0.25) is 5.02 Å². The van der Waals surface area contributed by atoms with Crippen molar-refractivity contribution < 1.29 is 4.74 Å². The molecule has 1 aromatic heterocycles. The second-order valence-corrected chi connectivity index (χ2v) is 7.16. The molecule has 0 fully saturated rings. The molecule has 25 heavy (non-hydrogen) atoms. The van der Waals surface area contributed by atoms with Crippen LogP contribution in [0.4, 0.5) is 0 Å². The molecule has 0 aliphatic rings. The quantitative estimate of drug-likeness (QED) is 0.556. The van der Waals surface area contributed by atoms with Crippen LogP contribution in [-0.2, 0) is 12.8 Å². The van der Waals surface area contributed by atoms with Crippen molar-refractivity contribution in [2.24, 2.45) is 7.05 Å². The summed E-state index contributed by atoms with van der Waals surface area (Å²) in [7, 11) is 1.96. The number of ether oxygens (including phenoxy) is 1. The van der Waals surface area contributed by atoms with Crippen LogP contribution in [0.3, 0.4) is 0 Å². The first kappa shape index (κ1) is 17.8. The predicted molar refractivity (Wildman–Crippen MR) is 102 cm³/mol. The smallest absolute Gasteiger partial charge is 0.191 e. The minimum Gasteiger partial charge on any atom is -0.481 e. The number of rotatable bonds is 6. The zero-order chi connectivity index (χ0) is 17.8. The molecule has 0 amide bonds. The maximum Gasteiger partial charge on any atom is 0.191 e. The highest BCUT2D eigenvalue weighted by atomic mass is 35.5. The lowest BCUT2D eigenvalue weighted by Crippen LogP contribution is -2.10. The van der Waals surface area contributed by atoms with Crippen LogP contribution in [0.25, 0.3) is 0 Å². The lowest BCUT2D eigenvalue weighted by atomic mass is 10.1. The van der Waals surface area contributed by atoms with E-state index < -0.39 is 0 Å². The van der Waals surface area contributed by atoms with Gasteiger partial charge in [0.2, 0.25) is 0 Å². The van der Waals surface area contributed by atoms with Gasteiger partial charge in [-0.25, -0.2) is 0 Å². The lowest BCUT2D eigenvalue weighted by Gasteiger charge is -2.15. The normalized spacial score (nSPS) is 12.2. The summed E-state index contributed by atoms with van der Waals surface area (Å²) in [5.74, 6) is 2.28. The fourth-order valence-corrected chi connectivity index (χ4v) is 3.68. The van der Waals surface area contributed by atoms with Gasteiger partial charge in [-0.3, -0.25) is 0 Å². The summed E-state index contributed by atoms with van der Waals surface area (Å²) in [5, 5.41) is 10.1. The lowest BCUT2D eigenvalue weighted by molar-refractivity contribution is 0.211. The van der Waals surface area contributed by atoms with E-state index in [4.69, 9.17) is 16.3 Å². The van der Waals surface area contributed by atoms with E-state index in [0.717, 1.165) is 16.7 Å². The van der Waals surface area contributed by atoms with Crippen molar-refractivity contribution in [1.29, 1.82) is 0 Å². The van der Waals surface area contributed by atoms with E-state index in [9.17, 15) is 0 Å². The molecule has 1 heterocycles. The van der Waals surface area contributed by atoms with Gasteiger partial charge in [-0.15, -0.1) is 10.2 Å². The number of aromatic nitrogens is 3. The summed E-state index contributed by atoms with van der Waals surface area (Å²) >= 11 is 7.83. The average Bonchev–Trinajstić information content (AvgIpc) is 2.97. The molecule has 3 aromatic rings. The second kappa shape index (κ2) is 7.93. The average molecular weight is 374 g/mol. The number of thioether (sulfide) groups is 1. The SMILES string of the molecule is Cc1ccccc1CSc1nnc(C(C)Oc2ccccc2Cl)n1C. The summed E-state index contributed by atoms with van der Waals surface area (Å²) in [6.45, 7) is 4.07. The van der Waals surface area contributed by atoms with E-state index in [2.05, 4.69) is 41.4 Å². The summed E-state index contributed by atoms with van der Waals surface area (Å²) in [6.07, 6.45) is -0.245. The first-order valence-corrected chi connectivity index (χ1v) is 9.40. The van der Waals surface area contributed by atoms with Gasteiger partial charge in [0.1, 0.15) is 5.75 Å². The van der Waals surface area contributed by atoms with E-state index in [1.807, 2.05) is 42.8 Å². The number of hydrogen-bond acceptors (Lipinski definition) is 4. The Morgan fingerprint density at radius 3 is 2.60 bits per heavy atom. The molecule has 0 spiro atoms. The maximum atomic E-state index is 6.16. The number of nitrogens with zero attached hydrogens (tertiary/aromatic N) is 3. The molecule has 1 unspecified atom stereocenters. The van der Waals surface area contributed by atoms with Crippen LogP contribution < -0.4 is 4.74 Å². The highest BCUT2D eigenvalue weighted by Gasteiger charge is 2.18. The molecule has 6 heteroatoms. The Morgan fingerprint density at radius 1 is 1.12 bits per heavy atom. The van der Waals surface area contributed by atoms with Gasteiger partial charge in [-0.1, -0.05) is 59.8 Å². The Morgan fingerprint density at radius 2 is 1.84 bits per heavy atom.